The minimum absolute atomic E-state index is 0.00359. The van der Waals surface area contributed by atoms with Crippen molar-refractivity contribution in [3.05, 3.63) is 17.0 Å². The Morgan fingerprint density at radius 3 is 2.79 bits per heavy atom. The van der Waals surface area contributed by atoms with Gasteiger partial charge in [0, 0.05) is 35.0 Å². The van der Waals surface area contributed by atoms with E-state index in [-0.39, 0.29) is 4.75 Å². The number of nitrogens with zero attached hydrogens (tertiary/aromatic N) is 1. The third kappa shape index (κ3) is 3.52. The van der Waals surface area contributed by atoms with E-state index in [0.717, 1.165) is 10.6 Å². The van der Waals surface area contributed by atoms with Gasteiger partial charge in [0.15, 0.2) is 0 Å². The number of rotatable bonds is 4. The zero-order valence-corrected chi connectivity index (χ0v) is 13.9. The molecule has 1 aliphatic rings. The lowest BCUT2D eigenvalue weighted by atomic mass is 10.2. The van der Waals surface area contributed by atoms with Crippen LogP contribution in [0.15, 0.2) is 16.3 Å². The maximum atomic E-state index is 12.6. The molecule has 19 heavy (non-hydrogen) atoms. The fourth-order valence-corrected chi connectivity index (χ4v) is 6.50. The Kier molecular flexibility index (Phi) is 4.62. The van der Waals surface area contributed by atoms with Crippen LogP contribution in [0.3, 0.4) is 0 Å². The van der Waals surface area contributed by atoms with Gasteiger partial charge >= 0.3 is 0 Å². The Balaban J connectivity index is 2.21. The third-order valence-corrected chi connectivity index (χ3v) is 7.67. The van der Waals surface area contributed by atoms with Crippen molar-refractivity contribution in [3.8, 4) is 0 Å². The molecule has 0 spiro atoms. The Morgan fingerprint density at radius 1 is 1.42 bits per heavy atom. The first-order valence-corrected chi connectivity index (χ1v) is 9.47. The number of nitrogens with one attached hydrogen (secondary N) is 1. The van der Waals surface area contributed by atoms with Crippen LogP contribution in [0.4, 0.5) is 0 Å². The third-order valence-electron chi connectivity index (χ3n) is 2.97. The number of sulfonamides is 1. The normalized spacial score (nSPS) is 20.6. The van der Waals surface area contributed by atoms with Gasteiger partial charge in [0.1, 0.15) is 4.21 Å². The topological polar surface area (TPSA) is 49.4 Å². The van der Waals surface area contributed by atoms with Crippen LogP contribution in [0, 0.1) is 0 Å². The highest BCUT2D eigenvalue weighted by Gasteiger charge is 2.35. The largest absolute Gasteiger partial charge is 0.315 e. The first kappa shape index (κ1) is 15.3. The van der Waals surface area contributed by atoms with Gasteiger partial charge in [-0.3, -0.25) is 0 Å². The highest BCUT2D eigenvalue weighted by molar-refractivity contribution is 8.00. The van der Waals surface area contributed by atoms with Crippen LogP contribution in [-0.4, -0.2) is 43.4 Å². The van der Waals surface area contributed by atoms with Gasteiger partial charge < -0.3 is 5.32 Å². The van der Waals surface area contributed by atoms with Gasteiger partial charge in [-0.25, -0.2) is 8.42 Å². The zero-order valence-electron chi connectivity index (χ0n) is 11.5. The standard InChI is InChI=1S/C12H20N2O2S3/c1-12(2)9-14(6-7-17-12)19(15,16)11-5-4-10(18-11)8-13-3/h4-5,13H,6-9H2,1-3H3. The molecular weight excluding hydrogens is 300 g/mol. The van der Waals surface area contributed by atoms with Crippen LogP contribution in [0.25, 0.3) is 0 Å². The molecule has 0 aliphatic carbocycles. The summed E-state index contributed by atoms with van der Waals surface area (Å²) < 4.78 is 27.3. The minimum Gasteiger partial charge on any atom is -0.315 e. The Bertz CT molecular complexity index is 537. The molecule has 1 aromatic heterocycles. The highest BCUT2D eigenvalue weighted by Crippen LogP contribution is 2.34. The number of thioether (sulfide) groups is 1. The Labute approximate surface area is 123 Å². The lowest BCUT2D eigenvalue weighted by molar-refractivity contribution is 0.388. The van der Waals surface area contributed by atoms with E-state index in [4.69, 9.17) is 0 Å². The van der Waals surface area contributed by atoms with Crippen LogP contribution >= 0.6 is 23.1 Å². The van der Waals surface area contributed by atoms with Gasteiger partial charge in [0.2, 0.25) is 0 Å². The van der Waals surface area contributed by atoms with Crippen LogP contribution in [-0.2, 0) is 16.6 Å². The molecule has 1 aliphatic heterocycles. The highest BCUT2D eigenvalue weighted by atomic mass is 32.2. The van der Waals surface area contributed by atoms with Gasteiger partial charge in [-0.1, -0.05) is 0 Å². The molecule has 4 nitrogen and oxygen atoms in total. The second-order valence-electron chi connectivity index (χ2n) is 5.20. The van der Waals surface area contributed by atoms with E-state index in [9.17, 15) is 8.42 Å². The quantitative estimate of drug-likeness (QED) is 0.922. The molecule has 0 amide bonds. The summed E-state index contributed by atoms with van der Waals surface area (Å²) in [5, 5.41) is 3.04. The number of thiophene rings is 1. The average Bonchev–Trinajstić information content (AvgIpc) is 2.77. The summed E-state index contributed by atoms with van der Waals surface area (Å²) in [6.07, 6.45) is 0. The minimum atomic E-state index is -3.32. The van der Waals surface area contributed by atoms with Gasteiger partial charge in [0.05, 0.1) is 0 Å². The van der Waals surface area contributed by atoms with E-state index in [0.29, 0.717) is 23.8 Å². The molecule has 1 aromatic rings. The van der Waals surface area contributed by atoms with Gasteiger partial charge in [0.25, 0.3) is 10.0 Å². The predicted molar refractivity (Wildman–Crippen MR) is 82.4 cm³/mol. The number of hydrogen-bond acceptors (Lipinski definition) is 5. The lowest BCUT2D eigenvalue weighted by Gasteiger charge is -2.36. The van der Waals surface area contributed by atoms with Crippen LogP contribution < -0.4 is 5.32 Å². The lowest BCUT2D eigenvalue weighted by Crippen LogP contribution is -2.45. The molecule has 0 radical (unpaired) electrons. The first-order valence-electron chi connectivity index (χ1n) is 6.22. The predicted octanol–water partition coefficient (Wildman–Crippen LogP) is 1.98. The van der Waals surface area contributed by atoms with Crippen molar-refractivity contribution >= 4 is 33.1 Å². The second-order valence-corrected chi connectivity index (χ2v) is 10.3. The van der Waals surface area contributed by atoms with Crippen molar-refractivity contribution in [3.63, 3.8) is 0 Å². The van der Waals surface area contributed by atoms with Crippen molar-refractivity contribution in [2.24, 2.45) is 0 Å². The maximum Gasteiger partial charge on any atom is 0.252 e. The summed E-state index contributed by atoms with van der Waals surface area (Å²) in [7, 11) is -1.46. The van der Waals surface area contributed by atoms with Gasteiger partial charge in [-0.15, -0.1) is 11.3 Å². The summed E-state index contributed by atoms with van der Waals surface area (Å²) in [5.41, 5.74) is 0. The fraction of sp³-hybridized carbons (Fsp3) is 0.667. The molecule has 108 valence electrons. The van der Waals surface area contributed by atoms with Crippen molar-refractivity contribution in [2.75, 3.05) is 25.9 Å². The SMILES string of the molecule is CNCc1ccc(S(=O)(=O)N2CCSC(C)(C)C2)s1. The van der Waals surface area contributed by atoms with Crippen LogP contribution in [0.1, 0.15) is 18.7 Å². The van der Waals surface area contributed by atoms with Gasteiger partial charge in [-0.2, -0.15) is 16.1 Å². The number of hydrogen-bond donors (Lipinski definition) is 1. The van der Waals surface area contributed by atoms with E-state index in [2.05, 4.69) is 19.2 Å². The summed E-state index contributed by atoms with van der Waals surface area (Å²) in [4.78, 5) is 1.05. The summed E-state index contributed by atoms with van der Waals surface area (Å²) in [6, 6.07) is 3.61. The summed E-state index contributed by atoms with van der Waals surface area (Å²) in [6.45, 7) is 6.09. The van der Waals surface area contributed by atoms with Crippen molar-refractivity contribution in [2.45, 2.75) is 29.3 Å². The molecule has 1 fully saturated rings. The molecule has 1 N–H and O–H groups in total. The zero-order chi connectivity index (χ0) is 14.1. The second kappa shape index (κ2) is 5.73. The van der Waals surface area contributed by atoms with E-state index < -0.39 is 10.0 Å². The molecule has 2 heterocycles. The molecule has 0 aromatic carbocycles. The van der Waals surface area contributed by atoms with E-state index in [1.807, 2.05) is 24.9 Å². The molecule has 0 bridgehead atoms. The van der Waals surface area contributed by atoms with Crippen LogP contribution in [0.5, 0.6) is 0 Å². The monoisotopic (exact) mass is 320 g/mol. The molecule has 0 saturated carbocycles. The van der Waals surface area contributed by atoms with Crippen molar-refractivity contribution < 1.29 is 8.42 Å². The first-order chi connectivity index (χ1) is 8.85. The summed E-state index contributed by atoms with van der Waals surface area (Å²) in [5.74, 6) is 0.862. The Morgan fingerprint density at radius 2 is 2.16 bits per heavy atom. The van der Waals surface area contributed by atoms with E-state index in [1.165, 1.54) is 11.3 Å². The maximum absolute atomic E-state index is 12.6. The molecular formula is C12H20N2O2S3. The van der Waals surface area contributed by atoms with Crippen molar-refractivity contribution in [1.29, 1.82) is 0 Å². The Hall–Kier alpha value is -0.0800. The van der Waals surface area contributed by atoms with E-state index in [1.54, 1.807) is 10.4 Å². The smallest absolute Gasteiger partial charge is 0.252 e. The van der Waals surface area contributed by atoms with Crippen LogP contribution in [0.2, 0.25) is 0 Å². The van der Waals surface area contributed by atoms with E-state index >= 15 is 0 Å². The molecule has 1 saturated heterocycles. The van der Waals surface area contributed by atoms with Crippen molar-refractivity contribution in [1.82, 2.24) is 9.62 Å². The molecule has 7 heteroatoms. The van der Waals surface area contributed by atoms with Gasteiger partial charge in [-0.05, 0) is 33.0 Å². The molecule has 0 unspecified atom stereocenters. The molecule has 0 atom stereocenters. The summed E-state index contributed by atoms with van der Waals surface area (Å²) >= 11 is 3.20. The fourth-order valence-electron chi connectivity index (χ4n) is 2.07. The molecule has 2 rings (SSSR count). The average molecular weight is 321 g/mol.